The molecule has 2 atom stereocenters. The second kappa shape index (κ2) is 4.90. The van der Waals surface area contributed by atoms with Gasteiger partial charge in [-0.15, -0.1) is 0 Å². The van der Waals surface area contributed by atoms with Gasteiger partial charge in [-0.1, -0.05) is 39.0 Å². The van der Waals surface area contributed by atoms with Crippen molar-refractivity contribution in [3.63, 3.8) is 0 Å². The molecule has 1 aromatic heterocycles. The van der Waals surface area contributed by atoms with Gasteiger partial charge in [0.1, 0.15) is 11.3 Å². The average molecular weight is 337 g/mol. The van der Waals surface area contributed by atoms with E-state index in [9.17, 15) is 9.59 Å². The highest BCUT2D eigenvalue weighted by molar-refractivity contribution is 5.99. The van der Waals surface area contributed by atoms with Crippen LogP contribution in [-0.2, 0) is 9.59 Å². The summed E-state index contributed by atoms with van der Waals surface area (Å²) in [5.41, 5.74) is 0.00103. The van der Waals surface area contributed by atoms with E-state index in [1.54, 1.807) is 6.07 Å². The second-order valence-corrected chi connectivity index (χ2v) is 8.31. The molecule has 2 unspecified atom stereocenters. The number of nitrogens with zero attached hydrogens (tertiary/aromatic N) is 1. The number of hydrogen-bond acceptors (Lipinski definition) is 4. The van der Waals surface area contributed by atoms with E-state index in [1.807, 2.05) is 52.0 Å². The number of rotatable bonds is 2. The summed E-state index contributed by atoms with van der Waals surface area (Å²) in [6.07, 6.45) is 1.74. The van der Waals surface area contributed by atoms with E-state index in [-0.39, 0.29) is 18.2 Å². The highest BCUT2D eigenvalue weighted by Gasteiger charge is 2.73. The molecule has 2 bridgehead atoms. The predicted octanol–water partition coefficient (Wildman–Crippen LogP) is 4.23. The van der Waals surface area contributed by atoms with Crippen LogP contribution in [0.15, 0.2) is 30.3 Å². The molecule has 0 radical (unpaired) electrons. The molecule has 2 saturated carbocycles. The minimum atomic E-state index is -0.731. The number of pyridine rings is 1. The van der Waals surface area contributed by atoms with Gasteiger partial charge in [0.15, 0.2) is 5.75 Å². The molecule has 0 spiro atoms. The number of ether oxygens (including phenoxy) is 1. The third kappa shape index (κ3) is 1.91. The van der Waals surface area contributed by atoms with E-state index < -0.39 is 16.2 Å². The quantitative estimate of drug-likeness (QED) is 0.608. The number of carbonyl (C=O) groups is 2. The van der Waals surface area contributed by atoms with Gasteiger partial charge in [-0.05, 0) is 37.3 Å². The number of aryl methyl sites for hydroxylation is 1. The number of para-hydroxylation sites is 1. The van der Waals surface area contributed by atoms with Crippen molar-refractivity contribution < 1.29 is 14.3 Å². The van der Waals surface area contributed by atoms with Crippen molar-refractivity contribution in [2.45, 2.75) is 47.0 Å². The SMILES string of the molecule is Cc1ccc2cccc(OC(=O)C34CCC(C)(C(=O)C3)C4(C)C)c2n1. The lowest BCUT2D eigenvalue weighted by atomic mass is 9.65. The number of esters is 1. The van der Waals surface area contributed by atoms with Gasteiger partial charge in [-0.2, -0.15) is 0 Å². The summed E-state index contributed by atoms with van der Waals surface area (Å²) in [6, 6.07) is 9.51. The topological polar surface area (TPSA) is 56.3 Å². The molecule has 4 nitrogen and oxygen atoms in total. The summed E-state index contributed by atoms with van der Waals surface area (Å²) in [6.45, 7) is 7.99. The van der Waals surface area contributed by atoms with Crippen LogP contribution >= 0.6 is 0 Å². The number of aromatic nitrogens is 1. The molecule has 4 rings (SSSR count). The number of fused-ring (bicyclic) bond motifs is 3. The molecule has 2 aliphatic carbocycles. The summed E-state index contributed by atoms with van der Waals surface area (Å²) in [5, 5.41) is 0.936. The summed E-state index contributed by atoms with van der Waals surface area (Å²) in [4.78, 5) is 30.3. The maximum absolute atomic E-state index is 13.2. The third-order valence-corrected chi connectivity index (χ3v) is 7.12. The molecule has 1 aromatic carbocycles. The molecule has 0 amide bonds. The average Bonchev–Trinajstić information content (AvgIpc) is 2.86. The van der Waals surface area contributed by atoms with Gasteiger partial charge in [-0.25, -0.2) is 4.98 Å². The fraction of sp³-hybridized carbons (Fsp3) is 0.476. The van der Waals surface area contributed by atoms with Crippen LogP contribution in [0.2, 0.25) is 0 Å². The maximum atomic E-state index is 13.2. The highest BCUT2D eigenvalue weighted by Crippen LogP contribution is 2.70. The Morgan fingerprint density at radius 3 is 2.52 bits per heavy atom. The molecule has 1 heterocycles. The van der Waals surface area contributed by atoms with E-state index in [1.165, 1.54) is 0 Å². The van der Waals surface area contributed by atoms with Gasteiger partial charge in [0, 0.05) is 22.9 Å². The lowest BCUT2D eigenvalue weighted by molar-refractivity contribution is -0.151. The number of Topliss-reactive ketones (excluding diaryl/α,β-unsaturated/α-hetero) is 1. The molecule has 2 aromatic rings. The Labute approximate surface area is 147 Å². The van der Waals surface area contributed by atoms with Gasteiger partial charge in [0.2, 0.25) is 0 Å². The van der Waals surface area contributed by atoms with Gasteiger partial charge in [-0.3, -0.25) is 9.59 Å². The standard InChI is InChI=1S/C21H23NO3/c1-13-8-9-14-6-5-7-15(17(14)22-13)25-18(24)21-11-10-20(4,16(23)12-21)19(21,2)3/h5-9H,10-12H2,1-4H3. The number of hydrogen-bond donors (Lipinski definition) is 0. The molecule has 0 saturated heterocycles. The minimum absolute atomic E-state index is 0.188. The lowest BCUT2D eigenvalue weighted by Crippen LogP contribution is -2.42. The summed E-state index contributed by atoms with van der Waals surface area (Å²) in [5.74, 6) is 0.375. The molecule has 0 aliphatic heterocycles. The van der Waals surface area contributed by atoms with Crippen LogP contribution in [0.3, 0.4) is 0 Å². The van der Waals surface area contributed by atoms with Gasteiger partial charge in [0.25, 0.3) is 0 Å². The summed E-state index contributed by atoms with van der Waals surface area (Å²) >= 11 is 0. The highest BCUT2D eigenvalue weighted by atomic mass is 16.5. The Morgan fingerprint density at radius 2 is 1.88 bits per heavy atom. The monoisotopic (exact) mass is 337 g/mol. The Hall–Kier alpha value is -2.23. The third-order valence-electron chi connectivity index (χ3n) is 7.12. The van der Waals surface area contributed by atoms with Crippen LogP contribution in [0, 0.1) is 23.2 Å². The summed E-state index contributed by atoms with van der Waals surface area (Å²) < 4.78 is 5.86. The van der Waals surface area contributed by atoms with Crippen molar-refractivity contribution >= 4 is 22.7 Å². The Morgan fingerprint density at radius 1 is 1.12 bits per heavy atom. The Balaban J connectivity index is 1.75. The Kier molecular flexibility index (Phi) is 3.19. The fourth-order valence-corrected chi connectivity index (χ4v) is 4.81. The number of carbonyl (C=O) groups excluding carboxylic acids is 2. The van der Waals surface area contributed by atoms with Crippen molar-refractivity contribution in [1.82, 2.24) is 4.98 Å². The van der Waals surface area contributed by atoms with Crippen LogP contribution in [0.25, 0.3) is 10.9 Å². The van der Waals surface area contributed by atoms with Crippen LogP contribution in [0.5, 0.6) is 5.75 Å². The predicted molar refractivity (Wildman–Crippen MR) is 95.3 cm³/mol. The first-order valence-corrected chi connectivity index (χ1v) is 8.83. The van der Waals surface area contributed by atoms with Crippen LogP contribution in [0.1, 0.15) is 45.7 Å². The van der Waals surface area contributed by atoms with Gasteiger partial charge < -0.3 is 4.74 Å². The molecule has 0 N–H and O–H groups in total. The van der Waals surface area contributed by atoms with E-state index in [0.29, 0.717) is 17.7 Å². The van der Waals surface area contributed by atoms with Gasteiger partial charge >= 0.3 is 5.97 Å². The largest absolute Gasteiger partial charge is 0.424 e. The van der Waals surface area contributed by atoms with Crippen molar-refractivity contribution in [3.05, 3.63) is 36.0 Å². The van der Waals surface area contributed by atoms with Crippen LogP contribution in [0.4, 0.5) is 0 Å². The van der Waals surface area contributed by atoms with E-state index in [2.05, 4.69) is 4.98 Å². The normalized spacial score (nSPS) is 30.0. The molecule has 2 aliphatic rings. The fourth-order valence-electron chi connectivity index (χ4n) is 4.81. The lowest BCUT2D eigenvalue weighted by Gasteiger charge is -2.37. The maximum Gasteiger partial charge on any atom is 0.318 e. The van der Waals surface area contributed by atoms with E-state index in [4.69, 9.17) is 4.74 Å². The molecule has 4 heteroatoms. The molecule has 130 valence electrons. The van der Waals surface area contributed by atoms with Crippen molar-refractivity contribution in [2.24, 2.45) is 16.2 Å². The van der Waals surface area contributed by atoms with Crippen LogP contribution < -0.4 is 4.74 Å². The second-order valence-electron chi connectivity index (χ2n) is 8.31. The smallest absolute Gasteiger partial charge is 0.318 e. The molecular formula is C21H23NO3. The number of ketones is 1. The minimum Gasteiger partial charge on any atom is -0.424 e. The van der Waals surface area contributed by atoms with Crippen molar-refractivity contribution in [3.8, 4) is 5.75 Å². The zero-order chi connectivity index (χ0) is 18.0. The van der Waals surface area contributed by atoms with Gasteiger partial charge in [0.05, 0.1) is 5.41 Å². The van der Waals surface area contributed by atoms with Crippen molar-refractivity contribution in [2.75, 3.05) is 0 Å². The Bertz CT molecular complexity index is 916. The summed E-state index contributed by atoms with van der Waals surface area (Å²) in [7, 11) is 0. The first-order valence-electron chi connectivity index (χ1n) is 8.83. The zero-order valence-electron chi connectivity index (χ0n) is 15.2. The number of benzene rings is 1. The van der Waals surface area contributed by atoms with Crippen LogP contribution in [-0.4, -0.2) is 16.7 Å². The molecular weight excluding hydrogens is 314 g/mol. The molecule has 2 fully saturated rings. The zero-order valence-corrected chi connectivity index (χ0v) is 15.2. The first-order chi connectivity index (χ1) is 11.7. The van der Waals surface area contributed by atoms with Crippen molar-refractivity contribution in [1.29, 1.82) is 0 Å². The molecule has 25 heavy (non-hydrogen) atoms. The first kappa shape index (κ1) is 16.2. The van der Waals surface area contributed by atoms with E-state index >= 15 is 0 Å². The van der Waals surface area contributed by atoms with E-state index in [0.717, 1.165) is 17.5 Å².